The van der Waals surface area contributed by atoms with E-state index < -0.39 is 18.0 Å². The standard InChI is InChI=1S/C11H8BrF2NO2/c1-17-11(16)9-7(4-12)2-6(5-15)3-8(9)10(13)14/h2-3,10H,4H2,1H3. The molecule has 0 unspecified atom stereocenters. The van der Waals surface area contributed by atoms with Crippen LogP contribution in [-0.4, -0.2) is 13.1 Å². The Morgan fingerprint density at radius 2 is 2.24 bits per heavy atom. The van der Waals surface area contributed by atoms with Crippen molar-refractivity contribution in [3.8, 4) is 6.07 Å². The molecule has 0 saturated carbocycles. The highest BCUT2D eigenvalue weighted by Gasteiger charge is 2.23. The molecule has 0 N–H and O–H groups in total. The van der Waals surface area contributed by atoms with Gasteiger partial charge < -0.3 is 4.74 Å². The summed E-state index contributed by atoms with van der Waals surface area (Å²) in [5.74, 6) is -0.834. The van der Waals surface area contributed by atoms with Gasteiger partial charge in [0.2, 0.25) is 0 Å². The fraction of sp³-hybridized carbons (Fsp3) is 0.273. The molecule has 0 bridgehead atoms. The smallest absolute Gasteiger partial charge is 0.338 e. The van der Waals surface area contributed by atoms with E-state index in [1.165, 1.54) is 6.07 Å². The van der Waals surface area contributed by atoms with Crippen molar-refractivity contribution in [2.45, 2.75) is 11.8 Å². The number of nitriles is 1. The molecule has 3 nitrogen and oxygen atoms in total. The van der Waals surface area contributed by atoms with E-state index in [0.29, 0.717) is 5.56 Å². The van der Waals surface area contributed by atoms with Crippen LogP contribution in [-0.2, 0) is 10.1 Å². The van der Waals surface area contributed by atoms with Gasteiger partial charge in [-0.2, -0.15) is 5.26 Å². The summed E-state index contributed by atoms with van der Waals surface area (Å²) in [6, 6.07) is 4.16. The maximum atomic E-state index is 12.8. The van der Waals surface area contributed by atoms with Crippen LogP contribution >= 0.6 is 15.9 Å². The van der Waals surface area contributed by atoms with Crippen molar-refractivity contribution in [3.63, 3.8) is 0 Å². The molecule has 0 aliphatic carbocycles. The zero-order valence-electron chi connectivity index (χ0n) is 8.84. The maximum Gasteiger partial charge on any atom is 0.338 e. The van der Waals surface area contributed by atoms with Crippen molar-refractivity contribution in [2.75, 3.05) is 7.11 Å². The molecule has 0 fully saturated rings. The van der Waals surface area contributed by atoms with Gasteiger partial charge in [-0.15, -0.1) is 0 Å². The average molecular weight is 304 g/mol. The number of hydrogen-bond donors (Lipinski definition) is 0. The van der Waals surface area contributed by atoms with Crippen molar-refractivity contribution in [1.29, 1.82) is 5.26 Å². The van der Waals surface area contributed by atoms with Gasteiger partial charge in [-0.05, 0) is 17.7 Å². The van der Waals surface area contributed by atoms with Crippen molar-refractivity contribution < 1.29 is 18.3 Å². The molecule has 0 aliphatic rings. The molecule has 0 radical (unpaired) electrons. The van der Waals surface area contributed by atoms with Crippen molar-refractivity contribution >= 4 is 21.9 Å². The number of rotatable bonds is 3. The number of carbonyl (C=O) groups is 1. The Balaban J connectivity index is 3.53. The van der Waals surface area contributed by atoms with Crippen molar-refractivity contribution in [3.05, 3.63) is 34.4 Å². The number of benzene rings is 1. The van der Waals surface area contributed by atoms with Crippen LogP contribution in [0.1, 0.15) is 33.5 Å². The van der Waals surface area contributed by atoms with Crippen LogP contribution in [0.4, 0.5) is 8.78 Å². The molecule has 1 rings (SSSR count). The Morgan fingerprint density at radius 1 is 1.59 bits per heavy atom. The second-order valence-corrected chi connectivity index (χ2v) is 3.70. The van der Waals surface area contributed by atoms with E-state index in [4.69, 9.17) is 5.26 Å². The quantitative estimate of drug-likeness (QED) is 0.636. The molecule has 1 aromatic carbocycles. The van der Waals surface area contributed by atoms with Crippen LogP contribution in [0.25, 0.3) is 0 Å². The number of methoxy groups -OCH3 is 1. The van der Waals surface area contributed by atoms with Crippen LogP contribution in [0.15, 0.2) is 12.1 Å². The van der Waals surface area contributed by atoms with Crippen LogP contribution < -0.4 is 0 Å². The molecule has 0 amide bonds. The predicted molar refractivity (Wildman–Crippen MR) is 60.1 cm³/mol. The van der Waals surface area contributed by atoms with Crippen molar-refractivity contribution in [1.82, 2.24) is 0 Å². The van der Waals surface area contributed by atoms with E-state index in [-0.39, 0.29) is 16.5 Å². The molecular weight excluding hydrogens is 296 g/mol. The number of halogens is 3. The van der Waals surface area contributed by atoms with Gasteiger partial charge in [0.15, 0.2) is 0 Å². The molecule has 0 aromatic heterocycles. The first-order valence-corrected chi connectivity index (χ1v) is 5.66. The van der Waals surface area contributed by atoms with E-state index >= 15 is 0 Å². The highest BCUT2D eigenvalue weighted by molar-refractivity contribution is 9.08. The zero-order valence-corrected chi connectivity index (χ0v) is 10.4. The van der Waals surface area contributed by atoms with E-state index in [9.17, 15) is 13.6 Å². The molecule has 0 aliphatic heterocycles. The lowest BCUT2D eigenvalue weighted by Gasteiger charge is -2.11. The predicted octanol–water partition coefficient (Wildman–Crippen LogP) is 3.18. The molecule has 0 heterocycles. The Labute approximate surface area is 105 Å². The molecule has 0 spiro atoms. The highest BCUT2D eigenvalue weighted by atomic mass is 79.9. The number of ether oxygens (including phenoxy) is 1. The Hall–Kier alpha value is -1.48. The van der Waals surface area contributed by atoms with Crippen LogP contribution in [0.3, 0.4) is 0 Å². The third kappa shape index (κ3) is 2.80. The van der Waals surface area contributed by atoms with Crippen molar-refractivity contribution in [2.24, 2.45) is 0 Å². The number of alkyl halides is 3. The number of carbonyl (C=O) groups excluding carboxylic acids is 1. The largest absolute Gasteiger partial charge is 0.465 e. The fourth-order valence-electron chi connectivity index (χ4n) is 1.42. The molecule has 0 saturated heterocycles. The summed E-state index contributed by atoms with van der Waals surface area (Å²) in [5, 5.41) is 8.91. The SMILES string of the molecule is COC(=O)c1c(CBr)cc(C#N)cc1C(F)F. The van der Waals surface area contributed by atoms with E-state index in [1.807, 2.05) is 0 Å². The van der Waals surface area contributed by atoms with Gasteiger partial charge in [-0.1, -0.05) is 15.9 Å². The summed E-state index contributed by atoms with van der Waals surface area (Å²) < 4.78 is 30.1. The van der Waals surface area contributed by atoms with Gasteiger partial charge in [0.1, 0.15) is 0 Å². The molecular formula is C11H8BrF2NO2. The zero-order chi connectivity index (χ0) is 13.0. The lowest BCUT2D eigenvalue weighted by molar-refractivity contribution is 0.0588. The van der Waals surface area contributed by atoms with Crippen LogP contribution in [0.5, 0.6) is 0 Å². The van der Waals surface area contributed by atoms with Gasteiger partial charge in [0.05, 0.1) is 24.3 Å². The van der Waals surface area contributed by atoms with E-state index in [1.54, 1.807) is 6.07 Å². The van der Waals surface area contributed by atoms with Gasteiger partial charge in [-0.3, -0.25) is 0 Å². The van der Waals surface area contributed by atoms with E-state index in [2.05, 4.69) is 20.7 Å². The summed E-state index contributed by atoms with van der Waals surface area (Å²) in [4.78, 5) is 11.5. The summed E-state index contributed by atoms with van der Waals surface area (Å²) in [6.07, 6.45) is -2.84. The fourth-order valence-corrected chi connectivity index (χ4v) is 1.86. The van der Waals surface area contributed by atoms with Gasteiger partial charge >= 0.3 is 5.97 Å². The molecule has 0 atom stereocenters. The highest BCUT2D eigenvalue weighted by Crippen LogP contribution is 2.29. The first-order chi connectivity index (χ1) is 8.04. The second kappa shape index (κ2) is 5.73. The van der Waals surface area contributed by atoms with Gasteiger partial charge in [0, 0.05) is 10.9 Å². The summed E-state index contributed by atoms with van der Waals surface area (Å²) >= 11 is 3.09. The number of nitrogens with zero attached hydrogens (tertiary/aromatic N) is 1. The van der Waals surface area contributed by atoms with Gasteiger partial charge in [-0.25, -0.2) is 13.6 Å². The Bertz CT molecular complexity index is 483. The third-order valence-corrected chi connectivity index (χ3v) is 2.75. The summed E-state index contributed by atoms with van der Waals surface area (Å²) in [6.45, 7) is 0. The number of esters is 1. The molecule has 17 heavy (non-hydrogen) atoms. The van der Waals surface area contributed by atoms with Crippen LogP contribution in [0, 0.1) is 11.3 Å². The van der Waals surface area contributed by atoms with Gasteiger partial charge in [0.25, 0.3) is 6.43 Å². The molecule has 90 valence electrons. The molecule has 1 aromatic rings. The normalized spacial score (nSPS) is 10.1. The Kier molecular flexibility index (Phi) is 4.58. The Morgan fingerprint density at radius 3 is 2.65 bits per heavy atom. The lowest BCUT2D eigenvalue weighted by atomic mass is 9.99. The lowest BCUT2D eigenvalue weighted by Crippen LogP contribution is -2.10. The summed E-state index contributed by atoms with van der Waals surface area (Å²) in [5.41, 5.74) is -0.266. The first-order valence-electron chi connectivity index (χ1n) is 4.54. The minimum absolute atomic E-state index is 0.0856. The molecule has 6 heteroatoms. The van der Waals surface area contributed by atoms with E-state index in [0.717, 1.165) is 13.2 Å². The van der Waals surface area contributed by atoms with Crippen LogP contribution in [0.2, 0.25) is 0 Å². The average Bonchev–Trinajstić information content (AvgIpc) is 2.35. The topological polar surface area (TPSA) is 50.1 Å². The summed E-state index contributed by atoms with van der Waals surface area (Å²) in [7, 11) is 1.12. The minimum Gasteiger partial charge on any atom is -0.465 e. The maximum absolute atomic E-state index is 12.8. The third-order valence-electron chi connectivity index (χ3n) is 2.15. The monoisotopic (exact) mass is 303 g/mol. The minimum atomic E-state index is -2.84. The first kappa shape index (κ1) is 13.6. The number of hydrogen-bond acceptors (Lipinski definition) is 3. The second-order valence-electron chi connectivity index (χ2n) is 3.14.